The van der Waals surface area contributed by atoms with Crippen LogP contribution in [0.4, 0.5) is 5.69 Å². The molecule has 2 aromatic rings. The molecule has 0 bridgehead atoms. The number of likely N-dealkylation sites (N-methyl/N-ethyl adjacent to an activating group) is 1. The van der Waals surface area contributed by atoms with Gasteiger partial charge in [0, 0.05) is 23.4 Å². The molecular weight excluding hydrogens is 258 g/mol. The molecule has 21 heavy (non-hydrogen) atoms. The summed E-state index contributed by atoms with van der Waals surface area (Å²) in [5, 5.41) is 0. The molecule has 2 heterocycles. The molecule has 3 rings (SSSR count). The van der Waals surface area contributed by atoms with Crippen LogP contribution in [0.3, 0.4) is 0 Å². The predicted molar refractivity (Wildman–Crippen MR) is 86.2 cm³/mol. The molecule has 0 unspecified atom stereocenters. The summed E-state index contributed by atoms with van der Waals surface area (Å²) in [6, 6.07) is 15.1. The lowest BCUT2D eigenvalue weighted by atomic mass is 10.2. The maximum Gasteiger partial charge on any atom is 0.173 e. The lowest BCUT2D eigenvalue weighted by Crippen LogP contribution is -2.55. The second-order valence-corrected chi connectivity index (χ2v) is 6.58. The highest BCUT2D eigenvalue weighted by molar-refractivity contribution is 5.43. The van der Waals surface area contributed by atoms with E-state index in [9.17, 15) is 0 Å². The first-order chi connectivity index (χ1) is 10.1. The molecular formula is C18H25N3+2. The largest absolute Gasteiger partial charge is 0.360 e. The minimum atomic E-state index is 0.936. The van der Waals surface area contributed by atoms with E-state index in [0.717, 1.165) is 24.1 Å². The summed E-state index contributed by atoms with van der Waals surface area (Å²) < 4.78 is 3.38. The van der Waals surface area contributed by atoms with Crippen LogP contribution in [-0.2, 0) is 6.54 Å². The molecule has 0 atom stereocenters. The van der Waals surface area contributed by atoms with Gasteiger partial charge in [0.2, 0.25) is 0 Å². The molecule has 0 aliphatic carbocycles. The van der Waals surface area contributed by atoms with Crippen molar-refractivity contribution in [1.29, 1.82) is 0 Å². The summed E-state index contributed by atoms with van der Waals surface area (Å²) in [5.74, 6) is 0. The molecule has 110 valence electrons. The third-order valence-electron chi connectivity index (χ3n) is 4.40. The van der Waals surface area contributed by atoms with Gasteiger partial charge in [-0.1, -0.05) is 30.3 Å². The van der Waals surface area contributed by atoms with Crippen LogP contribution in [0.1, 0.15) is 5.56 Å². The number of hydrogen-bond acceptors (Lipinski definition) is 1. The average Bonchev–Trinajstić information content (AvgIpc) is 2.49. The van der Waals surface area contributed by atoms with Crippen molar-refractivity contribution in [3.63, 3.8) is 0 Å². The lowest BCUT2D eigenvalue weighted by molar-refractivity contribution is -0.890. The van der Waals surface area contributed by atoms with E-state index in [2.05, 4.69) is 78.4 Å². The molecule has 0 amide bonds. The van der Waals surface area contributed by atoms with Crippen molar-refractivity contribution in [3.05, 3.63) is 60.4 Å². The van der Waals surface area contributed by atoms with Crippen LogP contribution >= 0.6 is 0 Å². The Labute approximate surface area is 127 Å². The van der Waals surface area contributed by atoms with Crippen LogP contribution in [-0.4, -0.2) is 44.8 Å². The molecule has 0 spiro atoms. The molecule has 0 saturated carbocycles. The van der Waals surface area contributed by atoms with E-state index >= 15 is 0 Å². The van der Waals surface area contributed by atoms with Crippen LogP contribution < -0.4 is 9.47 Å². The third-order valence-corrected chi connectivity index (χ3v) is 4.40. The molecule has 1 aromatic carbocycles. The summed E-state index contributed by atoms with van der Waals surface area (Å²) in [4.78, 5) is 2.50. The van der Waals surface area contributed by atoms with Gasteiger partial charge in [0.1, 0.15) is 0 Å². The number of anilines is 1. The Balaban J connectivity index is 1.65. The molecule has 1 aliphatic heterocycles. The number of aromatic nitrogens is 1. The smallest absolute Gasteiger partial charge is 0.173 e. The molecule has 0 N–H and O–H groups in total. The Hall–Kier alpha value is -1.87. The van der Waals surface area contributed by atoms with E-state index in [4.69, 9.17) is 0 Å². The van der Waals surface area contributed by atoms with Gasteiger partial charge in [-0.25, -0.2) is 4.57 Å². The molecule has 1 fully saturated rings. The van der Waals surface area contributed by atoms with Gasteiger partial charge in [0.15, 0.2) is 18.9 Å². The summed E-state index contributed by atoms with van der Waals surface area (Å²) in [5.41, 5.74) is 2.69. The van der Waals surface area contributed by atoms with Gasteiger partial charge < -0.3 is 9.38 Å². The van der Waals surface area contributed by atoms with Crippen LogP contribution in [0.2, 0.25) is 0 Å². The number of pyridine rings is 1. The number of nitrogens with zero attached hydrogens (tertiary/aromatic N) is 3. The van der Waals surface area contributed by atoms with Gasteiger partial charge in [-0.15, -0.1) is 0 Å². The van der Waals surface area contributed by atoms with Crippen molar-refractivity contribution in [3.8, 4) is 0 Å². The zero-order chi connectivity index (χ0) is 14.7. The van der Waals surface area contributed by atoms with Crippen LogP contribution in [0, 0.1) is 0 Å². The zero-order valence-corrected chi connectivity index (χ0v) is 13.1. The summed E-state index contributed by atoms with van der Waals surface area (Å²) in [7, 11) is 4.63. The van der Waals surface area contributed by atoms with Crippen molar-refractivity contribution >= 4 is 5.69 Å². The molecule has 3 nitrogen and oxygen atoms in total. The number of piperazine rings is 1. The summed E-state index contributed by atoms with van der Waals surface area (Å²) in [6.45, 7) is 5.67. The average molecular weight is 283 g/mol. The van der Waals surface area contributed by atoms with E-state index < -0.39 is 0 Å². The number of quaternary nitrogens is 1. The number of rotatable bonds is 3. The second-order valence-electron chi connectivity index (χ2n) is 6.58. The highest BCUT2D eigenvalue weighted by Crippen LogP contribution is 2.16. The molecule has 1 saturated heterocycles. The van der Waals surface area contributed by atoms with Gasteiger partial charge >= 0.3 is 0 Å². The van der Waals surface area contributed by atoms with Crippen LogP contribution in [0.25, 0.3) is 0 Å². The van der Waals surface area contributed by atoms with E-state index in [1.807, 2.05) is 0 Å². The minimum Gasteiger partial charge on any atom is -0.360 e. The zero-order valence-electron chi connectivity index (χ0n) is 13.1. The van der Waals surface area contributed by atoms with Gasteiger partial charge in [0.05, 0.1) is 40.3 Å². The predicted octanol–water partition coefficient (Wildman–Crippen LogP) is 1.92. The van der Waals surface area contributed by atoms with Crippen molar-refractivity contribution in [2.75, 3.05) is 45.2 Å². The third kappa shape index (κ3) is 3.61. The SMILES string of the molecule is C[N+]1(C)CCN(c2cc[n+](Cc3ccccc3)cc2)CC1. The van der Waals surface area contributed by atoms with Crippen LogP contribution in [0.15, 0.2) is 54.9 Å². The molecule has 1 aromatic heterocycles. The van der Waals surface area contributed by atoms with Gasteiger partial charge in [-0.3, -0.25) is 0 Å². The van der Waals surface area contributed by atoms with Crippen molar-refractivity contribution < 1.29 is 9.05 Å². The Morgan fingerprint density at radius 2 is 1.57 bits per heavy atom. The normalized spacial score (nSPS) is 17.7. The van der Waals surface area contributed by atoms with Crippen molar-refractivity contribution in [1.82, 2.24) is 0 Å². The first-order valence-electron chi connectivity index (χ1n) is 7.72. The fraction of sp³-hybridized carbons (Fsp3) is 0.389. The Morgan fingerprint density at radius 3 is 2.19 bits per heavy atom. The summed E-state index contributed by atoms with van der Waals surface area (Å²) in [6.07, 6.45) is 4.38. The highest BCUT2D eigenvalue weighted by atomic mass is 15.4. The molecule has 1 aliphatic rings. The second kappa shape index (κ2) is 5.86. The fourth-order valence-corrected chi connectivity index (χ4v) is 2.82. The minimum absolute atomic E-state index is 0.936. The topological polar surface area (TPSA) is 7.12 Å². The van der Waals surface area contributed by atoms with E-state index in [1.54, 1.807) is 0 Å². The van der Waals surface area contributed by atoms with E-state index in [0.29, 0.717) is 0 Å². The molecule has 0 radical (unpaired) electrons. The van der Waals surface area contributed by atoms with Gasteiger partial charge in [0.25, 0.3) is 0 Å². The van der Waals surface area contributed by atoms with Crippen molar-refractivity contribution in [2.24, 2.45) is 0 Å². The fourth-order valence-electron chi connectivity index (χ4n) is 2.82. The Bertz CT molecular complexity index is 565. The Morgan fingerprint density at radius 1 is 0.952 bits per heavy atom. The maximum absolute atomic E-state index is 2.50. The van der Waals surface area contributed by atoms with Crippen LogP contribution in [0.5, 0.6) is 0 Å². The van der Waals surface area contributed by atoms with E-state index in [1.165, 1.54) is 24.3 Å². The number of hydrogen-bond donors (Lipinski definition) is 0. The molecule has 3 heteroatoms. The van der Waals surface area contributed by atoms with Gasteiger partial charge in [-0.05, 0) is 0 Å². The van der Waals surface area contributed by atoms with E-state index in [-0.39, 0.29) is 0 Å². The first kappa shape index (κ1) is 14.1. The van der Waals surface area contributed by atoms with Crippen molar-refractivity contribution in [2.45, 2.75) is 6.54 Å². The maximum atomic E-state index is 2.50. The standard InChI is InChI=1S/C18H25N3/c1-21(2)14-12-20(13-15-21)18-8-10-19(11-9-18)16-17-6-4-3-5-7-17/h3-11H,12-16H2,1-2H3/q+2. The lowest BCUT2D eigenvalue weighted by Gasteiger charge is -2.39. The first-order valence-corrected chi connectivity index (χ1v) is 7.72. The monoisotopic (exact) mass is 283 g/mol. The summed E-state index contributed by atoms with van der Waals surface area (Å²) >= 11 is 0. The van der Waals surface area contributed by atoms with Gasteiger partial charge in [-0.2, -0.15) is 0 Å². The Kier molecular flexibility index (Phi) is 3.93. The quantitative estimate of drug-likeness (QED) is 0.616. The highest BCUT2D eigenvalue weighted by Gasteiger charge is 2.24. The number of benzene rings is 1.